The molecule has 0 aliphatic heterocycles. The van der Waals surface area contributed by atoms with Crippen LogP contribution in [-0.2, 0) is 10.0 Å². The van der Waals surface area contributed by atoms with Gasteiger partial charge in [0.2, 0.25) is 10.0 Å². The van der Waals surface area contributed by atoms with Crippen LogP contribution in [0.3, 0.4) is 0 Å². The number of sulfonamides is 1. The summed E-state index contributed by atoms with van der Waals surface area (Å²) in [4.78, 5) is 0.212. The van der Waals surface area contributed by atoms with Crippen LogP contribution >= 0.6 is 43.6 Å². The number of nitrogen functional groups attached to an aromatic ring is 1. The predicted molar refractivity (Wildman–Crippen MR) is 96.1 cm³/mol. The Kier molecular flexibility index (Phi) is 6.04. The van der Waals surface area contributed by atoms with Gasteiger partial charge in [0.25, 0.3) is 0 Å². The lowest BCUT2D eigenvalue weighted by Crippen LogP contribution is -2.38. The fourth-order valence-corrected chi connectivity index (χ4v) is 7.20. The van der Waals surface area contributed by atoms with Crippen LogP contribution in [0.1, 0.15) is 25.7 Å². The molecule has 21 heavy (non-hydrogen) atoms. The average Bonchev–Trinajstić information content (AvgIpc) is 2.37. The second-order valence-corrected chi connectivity index (χ2v) is 9.64. The number of hydrogen-bond donors (Lipinski definition) is 2. The summed E-state index contributed by atoms with van der Waals surface area (Å²) in [6, 6.07) is 3.21. The number of nitrogens with one attached hydrogen (secondary N) is 1. The smallest absolute Gasteiger partial charge is 0.243 e. The molecule has 0 saturated heterocycles. The third-order valence-corrected chi connectivity index (χ3v) is 8.15. The topological polar surface area (TPSA) is 72.2 Å². The van der Waals surface area contributed by atoms with Crippen LogP contribution in [0.2, 0.25) is 0 Å². The zero-order valence-electron chi connectivity index (χ0n) is 11.6. The Morgan fingerprint density at radius 1 is 1.19 bits per heavy atom. The third-order valence-electron chi connectivity index (χ3n) is 3.62. The van der Waals surface area contributed by atoms with Crippen molar-refractivity contribution in [2.75, 3.05) is 12.0 Å². The summed E-state index contributed by atoms with van der Waals surface area (Å²) in [7, 11) is -3.57. The maximum atomic E-state index is 12.6. The summed E-state index contributed by atoms with van der Waals surface area (Å²) in [6.07, 6.45) is 5.98. The van der Waals surface area contributed by atoms with Gasteiger partial charge in [0.05, 0.1) is 0 Å². The zero-order chi connectivity index (χ0) is 15.6. The normalized spacial score (nSPS) is 23.2. The van der Waals surface area contributed by atoms with Crippen LogP contribution in [0.5, 0.6) is 0 Å². The molecular weight excluding hydrogens is 440 g/mol. The minimum Gasteiger partial charge on any atom is -0.399 e. The number of thioether (sulfide) groups is 1. The quantitative estimate of drug-likeness (QED) is 0.675. The van der Waals surface area contributed by atoms with Crippen molar-refractivity contribution < 1.29 is 8.42 Å². The molecule has 0 aromatic heterocycles. The Labute approximate surface area is 146 Å². The highest BCUT2D eigenvalue weighted by molar-refractivity contribution is 9.11. The first-order valence-electron chi connectivity index (χ1n) is 6.63. The molecule has 0 amide bonds. The van der Waals surface area contributed by atoms with Crippen molar-refractivity contribution in [2.24, 2.45) is 0 Å². The van der Waals surface area contributed by atoms with Crippen molar-refractivity contribution in [1.82, 2.24) is 4.72 Å². The first-order chi connectivity index (χ1) is 9.83. The lowest BCUT2D eigenvalue weighted by Gasteiger charge is -2.28. The number of nitrogens with two attached hydrogens (primary N) is 1. The summed E-state index contributed by atoms with van der Waals surface area (Å²) in [5, 5.41) is 0.653. The van der Waals surface area contributed by atoms with E-state index in [-0.39, 0.29) is 10.9 Å². The van der Waals surface area contributed by atoms with Crippen molar-refractivity contribution in [3.05, 3.63) is 21.1 Å². The fraction of sp³-hybridized carbons (Fsp3) is 0.538. The lowest BCUT2D eigenvalue weighted by molar-refractivity contribution is 0.420. The molecule has 1 saturated carbocycles. The Hall–Kier alpha value is 0.240. The van der Waals surface area contributed by atoms with E-state index in [1.807, 2.05) is 11.8 Å². The van der Waals surface area contributed by atoms with Crippen molar-refractivity contribution in [3.63, 3.8) is 0 Å². The highest BCUT2D eigenvalue weighted by Gasteiger charge is 2.28. The summed E-state index contributed by atoms with van der Waals surface area (Å²) in [5.41, 5.74) is 6.22. The van der Waals surface area contributed by atoms with E-state index in [1.54, 1.807) is 12.1 Å². The minimum absolute atomic E-state index is 0.00903. The molecule has 1 aromatic rings. The van der Waals surface area contributed by atoms with Gasteiger partial charge in [-0.3, -0.25) is 0 Å². The minimum atomic E-state index is -3.57. The van der Waals surface area contributed by atoms with Crippen LogP contribution in [0.15, 0.2) is 26.0 Å². The molecule has 1 aliphatic carbocycles. The molecule has 0 spiro atoms. The van der Waals surface area contributed by atoms with E-state index in [9.17, 15) is 8.42 Å². The summed E-state index contributed by atoms with van der Waals surface area (Å²) < 4.78 is 28.9. The monoisotopic (exact) mass is 456 g/mol. The van der Waals surface area contributed by atoms with Gasteiger partial charge in [0.1, 0.15) is 4.90 Å². The molecule has 2 rings (SSSR count). The molecule has 1 aromatic carbocycles. The van der Waals surface area contributed by atoms with Gasteiger partial charge in [0.15, 0.2) is 0 Å². The first-order valence-corrected chi connectivity index (χ1v) is 11.0. The molecule has 0 bridgehead atoms. The second-order valence-electron chi connectivity index (χ2n) is 5.14. The maximum Gasteiger partial charge on any atom is 0.243 e. The van der Waals surface area contributed by atoms with Crippen molar-refractivity contribution in [3.8, 4) is 0 Å². The molecule has 4 nitrogen and oxygen atoms in total. The zero-order valence-corrected chi connectivity index (χ0v) is 16.4. The van der Waals surface area contributed by atoms with Gasteiger partial charge >= 0.3 is 0 Å². The van der Waals surface area contributed by atoms with Gasteiger partial charge in [-0.2, -0.15) is 11.8 Å². The molecule has 1 fully saturated rings. The van der Waals surface area contributed by atoms with Gasteiger partial charge in [-0.05, 0) is 75.9 Å². The fourth-order valence-electron chi connectivity index (χ4n) is 2.53. The Morgan fingerprint density at radius 2 is 1.71 bits per heavy atom. The highest BCUT2D eigenvalue weighted by Crippen LogP contribution is 2.33. The Bertz CT molecular complexity index is 592. The van der Waals surface area contributed by atoms with E-state index in [0.717, 1.165) is 25.7 Å². The van der Waals surface area contributed by atoms with Crippen molar-refractivity contribution >= 4 is 59.3 Å². The second kappa shape index (κ2) is 7.21. The van der Waals surface area contributed by atoms with E-state index < -0.39 is 10.0 Å². The largest absolute Gasteiger partial charge is 0.399 e. The van der Waals surface area contributed by atoms with Gasteiger partial charge < -0.3 is 5.73 Å². The average molecular weight is 458 g/mol. The lowest BCUT2D eigenvalue weighted by atomic mass is 9.96. The molecule has 3 N–H and O–H groups in total. The van der Waals surface area contributed by atoms with Gasteiger partial charge in [0, 0.05) is 25.9 Å². The molecule has 118 valence electrons. The predicted octanol–water partition coefficient (Wildman–Crippen LogP) is 3.75. The Morgan fingerprint density at radius 3 is 2.19 bits per heavy atom. The van der Waals surface area contributed by atoms with Crippen LogP contribution in [0, 0.1) is 0 Å². The van der Waals surface area contributed by atoms with E-state index >= 15 is 0 Å². The molecule has 1 aliphatic rings. The van der Waals surface area contributed by atoms with Gasteiger partial charge in [-0.15, -0.1) is 0 Å². The summed E-state index contributed by atoms with van der Waals surface area (Å²) in [6.45, 7) is 0. The van der Waals surface area contributed by atoms with Crippen LogP contribution in [0.25, 0.3) is 0 Å². The SMILES string of the molecule is CSC1CCC(NS(=O)(=O)c2c(Br)cc(N)cc2Br)CC1. The third kappa shape index (κ3) is 4.37. The standard InChI is InChI=1S/C13H18Br2N2O2S2/c1-20-10-4-2-9(3-5-10)17-21(18,19)13-11(14)6-8(16)7-12(13)15/h6-7,9-10,17H,2-5,16H2,1H3. The number of benzene rings is 1. The highest BCUT2D eigenvalue weighted by atomic mass is 79.9. The van der Waals surface area contributed by atoms with E-state index in [0.29, 0.717) is 19.9 Å². The van der Waals surface area contributed by atoms with E-state index in [4.69, 9.17) is 5.73 Å². The number of anilines is 1. The number of halogens is 2. The maximum absolute atomic E-state index is 12.6. The van der Waals surface area contributed by atoms with Crippen LogP contribution in [-0.4, -0.2) is 26.0 Å². The summed E-state index contributed by atoms with van der Waals surface area (Å²) in [5.74, 6) is 0. The van der Waals surface area contributed by atoms with E-state index in [2.05, 4.69) is 42.8 Å². The summed E-state index contributed by atoms with van der Waals surface area (Å²) >= 11 is 8.44. The van der Waals surface area contributed by atoms with Gasteiger partial charge in [-0.1, -0.05) is 0 Å². The number of hydrogen-bond acceptors (Lipinski definition) is 4. The molecule has 0 unspecified atom stereocenters. The molecule has 0 atom stereocenters. The number of rotatable bonds is 4. The van der Waals surface area contributed by atoms with Crippen molar-refractivity contribution in [2.45, 2.75) is 41.9 Å². The molecule has 0 heterocycles. The Balaban J connectivity index is 2.16. The van der Waals surface area contributed by atoms with Crippen molar-refractivity contribution in [1.29, 1.82) is 0 Å². The molecule has 8 heteroatoms. The van der Waals surface area contributed by atoms with E-state index in [1.165, 1.54) is 0 Å². The van der Waals surface area contributed by atoms with Crippen LogP contribution in [0.4, 0.5) is 5.69 Å². The molecular formula is C13H18Br2N2O2S2. The first kappa shape index (κ1) is 17.6. The van der Waals surface area contributed by atoms with Gasteiger partial charge in [-0.25, -0.2) is 13.1 Å². The molecule has 0 radical (unpaired) electrons. The van der Waals surface area contributed by atoms with Crippen LogP contribution < -0.4 is 10.5 Å².